The number of rotatable bonds is 4. The van der Waals surface area contributed by atoms with Crippen LogP contribution in [0.15, 0.2) is 22.8 Å². The molecule has 0 spiro atoms. The number of amides is 2. The second-order valence-corrected chi connectivity index (χ2v) is 5.20. The van der Waals surface area contributed by atoms with Crippen LogP contribution in [0.5, 0.6) is 0 Å². The van der Waals surface area contributed by atoms with E-state index in [4.69, 9.17) is 9.52 Å². The Morgan fingerprint density at radius 1 is 1.48 bits per heavy atom. The van der Waals surface area contributed by atoms with Gasteiger partial charge in [0.05, 0.1) is 18.7 Å². The number of nitrogens with zero attached hydrogens (tertiary/aromatic N) is 2. The van der Waals surface area contributed by atoms with Crippen molar-refractivity contribution >= 4 is 17.8 Å². The quantitative estimate of drug-likeness (QED) is 0.881. The maximum atomic E-state index is 12.2. The van der Waals surface area contributed by atoms with Crippen LogP contribution in [0.25, 0.3) is 0 Å². The molecular weight excluding hydrogens is 276 g/mol. The molecule has 2 heterocycles. The predicted octanol–water partition coefficient (Wildman–Crippen LogP) is 0.673. The molecule has 1 aliphatic heterocycles. The molecule has 7 nitrogen and oxygen atoms in total. The molecule has 2 unspecified atom stereocenters. The van der Waals surface area contributed by atoms with Crippen LogP contribution < -0.4 is 0 Å². The van der Waals surface area contributed by atoms with E-state index in [2.05, 4.69) is 0 Å². The maximum Gasteiger partial charge on any atom is 0.308 e. The van der Waals surface area contributed by atoms with E-state index in [1.165, 1.54) is 29.2 Å². The summed E-state index contributed by atoms with van der Waals surface area (Å²) in [7, 11) is 1.51. The summed E-state index contributed by atoms with van der Waals surface area (Å²) in [5.74, 6) is -1.90. The van der Waals surface area contributed by atoms with Crippen molar-refractivity contribution in [1.82, 2.24) is 9.80 Å². The molecule has 0 radical (unpaired) electrons. The molecular formula is C14H18N2O5. The fourth-order valence-electron chi connectivity index (χ4n) is 2.58. The molecule has 114 valence electrons. The van der Waals surface area contributed by atoms with Crippen molar-refractivity contribution in [2.45, 2.75) is 19.4 Å². The van der Waals surface area contributed by atoms with E-state index in [0.717, 1.165) is 0 Å². The van der Waals surface area contributed by atoms with Gasteiger partial charge in [-0.2, -0.15) is 0 Å². The van der Waals surface area contributed by atoms with Crippen LogP contribution in [-0.4, -0.2) is 58.9 Å². The van der Waals surface area contributed by atoms with Gasteiger partial charge in [-0.3, -0.25) is 14.4 Å². The lowest BCUT2D eigenvalue weighted by atomic mass is 10.0. The zero-order chi connectivity index (χ0) is 15.6. The number of carboxylic acids is 1. The van der Waals surface area contributed by atoms with E-state index in [9.17, 15) is 14.4 Å². The van der Waals surface area contributed by atoms with Gasteiger partial charge in [0.2, 0.25) is 5.91 Å². The van der Waals surface area contributed by atoms with Gasteiger partial charge < -0.3 is 19.3 Å². The van der Waals surface area contributed by atoms with Crippen LogP contribution in [-0.2, 0) is 9.59 Å². The predicted molar refractivity (Wildman–Crippen MR) is 72.6 cm³/mol. The summed E-state index contributed by atoms with van der Waals surface area (Å²) < 4.78 is 5.00. The Labute approximate surface area is 122 Å². The summed E-state index contributed by atoms with van der Waals surface area (Å²) in [4.78, 5) is 38.0. The molecule has 21 heavy (non-hydrogen) atoms. The number of likely N-dealkylation sites (N-methyl/N-ethyl adjacent to an activating group) is 1. The second-order valence-electron chi connectivity index (χ2n) is 5.20. The van der Waals surface area contributed by atoms with E-state index in [1.54, 1.807) is 13.0 Å². The van der Waals surface area contributed by atoms with Crippen LogP contribution in [0, 0.1) is 5.92 Å². The third-order valence-electron chi connectivity index (χ3n) is 3.84. The highest BCUT2D eigenvalue weighted by Crippen LogP contribution is 2.24. The summed E-state index contributed by atoms with van der Waals surface area (Å²) in [6, 6.07) is 2.77. The third kappa shape index (κ3) is 3.07. The van der Waals surface area contributed by atoms with E-state index < -0.39 is 11.9 Å². The lowest BCUT2D eigenvalue weighted by molar-refractivity contribution is -0.143. The van der Waals surface area contributed by atoms with Gasteiger partial charge in [-0.05, 0) is 25.5 Å². The average Bonchev–Trinajstić information content (AvgIpc) is 3.06. The van der Waals surface area contributed by atoms with Crippen LogP contribution in [0.3, 0.4) is 0 Å². The van der Waals surface area contributed by atoms with E-state index in [-0.39, 0.29) is 30.2 Å². The van der Waals surface area contributed by atoms with Gasteiger partial charge in [0.25, 0.3) is 5.91 Å². The highest BCUT2D eigenvalue weighted by molar-refractivity contribution is 5.94. The van der Waals surface area contributed by atoms with Crippen LogP contribution in [0.4, 0.5) is 0 Å². The number of furan rings is 1. The van der Waals surface area contributed by atoms with Gasteiger partial charge in [-0.15, -0.1) is 0 Å². The Hall–Kier alpha value is -2.31. The molecule has 0 saturated carbocycles. The smallest absolute Gasteiger partial charge is 0.308 e. The maximum absolute atomic E-state index is 12.2. The Balaban J connectivity index is 1.96. The molecule has 0 bridgehead atoms. The first-order valence-electron chi connectivity index (χ1n) is 6.73. The minimum atomic E-state index is -0.891. The fourth-order valence-corrected chi connectivity index (χ4v) is 2.58. The number of carboxylic acid groups (broad SMARTS) is 1. The second kappa shape index (κ2) is 5.99. The molecule has 2 atom stereocenters. The lowest BCUT2D eigenvalue weighted by Crippen LogP contribution is -2.44. The zero-order valence-corrected chi connectivity index (χ0v) is 12.0. The van der Waals surface area contributed by atoms with Gasteiger partial charge in [0, 0.05) is 19.6 Å². The first-order valence-corrected chi connectivity index (χ1v) is 6.73. The molecule has 0 aliphatic carbocycles. The van der Waals surface area contributed by atoms with Crippen molar-refractivity contribution < 1.29 is 23.9 Å². The summed E-state index contributed by atoms with van der Waals surface area (Å²) in [5, 5.41) is 9.06. The molecule has 0 aromatic carbocycles. The Kier molecular flexibility index (Phi) is 4.30. The van der Waals surface area contributed by atoms with Gasteiger partial charge in [-0.25, -0.2) is 0 Å². The van der Waals surface area contributed by atoms with Crippen LogP contribution in [0.1, 0.15) is 23.9 Å². The number of carbonyl (C=O) groups excluding carboxylic acids is 2. The number of hydrogen-bond donors (Lipinski definition) is 1. The molecule has 1 saturated heterocycles. The first kappa shape index (κ1) is 15.1. The minimum absolute atomic E-state index is 0.101. The lowest BCUT2D eigenvalue weighted by Gasteiger charge is -2.25. The SMILES string of the molecule is CC1C(C(=O)O)CCN1C(=O)CN(C)C(=O)c1ccco1. The topological polar surface area (TPSA) is 91.1 Å². The van der Waals surface area contributed by atoms with Crippen molar-refractivity contribution in [2.75, 3.05) is 20.1 Å². The fraction of sp³-hybridized carbons (Fsp3) is 0.500. The number of aliphatic carboxylic acids is 1. The summed E-state index contributed by atoms with van der Waals surface area (Å²) in [6.45, 7) is 2.02. The number of hydrogen-bond acceptors (Lipinski definition) is 4. The molecule has 1 aromatic rings. The van der Waals surface area contributed by atoms with Crippen LogP contribution in [0.2, 0.25) is 0 Å². The monoisotopic (exact) mass is 294 g/mol. The summed E-state index contributed by atoms with van der Waals surface area (Å²) >= 11 is 0. The Bertz CT molecular complexity index is 540. The molecule has 2 amide bonds. The third-order valence-corrected chi connectivity index (χ3v) is 3.84. The molecule has 1 N–H and O–H groups in total. The summed E-state index contributed by atoms with van der Waals surface area (Å²) in [6.07, 6.45) is 1.83. The molecule has 7 heteroatoms. The zero-order valence-electron chi connectivity index (χ0n) is 12.0. The number of likely N-dealkylation sites (tertiary alicyclic amines) is 1. The molecule has 2 rings (SSSR count). The van der Waals surface area contributed by atoms with Crippen molar-refractivity contribution in [1.29, 1.82) is 0 Å². The van der Waals surface area contributed by atoms with Crippen molar-refractivity contribution in [3.63, 3.8) is 0 Å². The van der Waals surface area contributed by atoms with E-state index in [1.807, 2.05) is 0 Å². The highest BCUT2D eigenvalue weighted by Gasteiger charge is 2.38. The Morgan fingerprint density at radius 3 is 2.71 bits per heavy atom. The van der Waals surface area contributed by atoms with Gasteiger partial charge in [0.1, 0.15) is 0 Å². The van der Waals surface area contributed by atoms with Crippen molar-refractivity contribution in [2.24, 2.45) is 5.92 Å². The van der Waals surface area contributed by atoms with Crippen molar-refractivity contribution in [3.05, 3.63) is 24.2 Å². The van der Waals surface area contributed by atoms with Gasteiger partial charge in [0.15, 0.2) is 5.76 Å². The van der Waals surface area contributed by atoms with Crippen LogP contribution >= 0.6 is 0 Å². The van der Waals surface area contributed by atoms with E-state index >= 15 is 0 Å². The standard InChI is InChI=1S/C14H18N2O5/c1-9-10(14(19)20)5-6-16(9)12(17)8-15(2)13(18)11-4-3-7-21-11/h3-4,7,9-10H,5-6,8H2,1-2H3,(H,19,20). The molecule has 1 fully saturated rings. The largest absolute Gasteiger partial charge is 0.481 e. The molecule has 1 aliphatic rings. The summed E-state index contributed by atoms with van der Waals surface area (Å²) in [5.41, 5.74) is 0. The van der Waals surface area contributed by atoms with Gasteiger partial charge >= 0.3 is 5.97 Å². The number of carbonyl (C=O) groups is 3. The Morgan fingerprint density at radius 2 is 2.19 bits per heavy atom. The first-order chi connectivity index (χ1) is 9.91. The normalized spacial score (nSPS) is 21.3. The van der Waals surface area contributed by atoms with Crippen molar-refractivity contribution in [3.8, 4) is 0 Å². The highest BCUT2D eigenvalue weighted by atomic mass is 16.4. The minimum Gasteiger partial charge on any atom is -0.481 e. The average molecular weight is 294 g/mol. The van der Waals surface area contributed by atoms with E-state index in [0.29, 0.717) is 13.0 Å². The molecule has 1 aromatic heterocycles. The van der Waals surface area contributed by atoms with Gasteiger partial charge in [-0.1, -0.05) is 0 Å².